The summed E-state index contributed by atoms with van der Waals surface area (Å²) in [5, 5.41) is 7.36. The number of furan rings is 1. The standard InChI is InChI=1S/C23H20F3N3O3/c1-14(28-22(30)23(2,25)26)21(15-4-3-5-17(24)10-15)32-19-6-7-20-16(11-19)12-27-29(20)18-8-9-31-13-18/h3-14,21H,1-2H3,(H,28,30)/t14-,21-/m0/s1. The molecule has 1 amide bonds. The summed E-state index contributed by atoms with van der Waals surface area (Å²) in [6.45, 7) is 2.04. The molecule has 1 N–H and O–H groups in total. The Kier molecular flexibility index (Phi) is 5.65. The summed E-state index contributed by atoms with van der Waals surface area (Å²) in [4.78, 5) is 11.8. The number of carbonyl (C=O) groups excluding carboxylic acids is 1. The normalized spacial score (nSPS) is 13.7. The van der Waals surface area contributed by atoms with Gasteiger partial charge in [0.25, 0.3) is 5.91 Å². The zero-order valence-corrected chi connectivity index (χ0v) is 17.3. The van der Waals surface area contributed by atoms with Crippen molar-refractivity contribution in [2.75, 3.05) is 0 Å². The predicted octanol–water partition coefficient (Wildman–Crippen LogP) is 5.04. The van der Waals surface area contributed by atoms with Crippen LogP contribution in [0, 0.1) is 5.82 Å². The van der Waals surface area contributed by atoms with Crippen LogP contribution in [0.3, 0.4) is 0 Å². The van der Waals surface area contributed by atoms with Gasteiger partial charge >= 0.3 is 5.92 Å². The van der Waals surface area contributed by atoms with Gasteiger partial charge < -0.3 is 14.5 Å². The molecule has 0 spiro atoms. The largest absolute Gasteiger partial charge is 0.484 e. The minimum Gasteiger partial charge on any atom is -0.484 e. The van der Waals surface area contributed by atoms with Crippen LogP contribution in [-0.2, 0) is 4.79 Å². The number of nitrogens with zero attached hydrogens (tertiary/aromatic N) is 2. The third kappa shape index (κ3) is 4.46. The van der Waals surface area contributed by atoms with Gasteiger partial charge in [-0.2, -0.15) is 13.9 Å². The highest BCUT2D eigenvalue weighted by Crippen LogP contribution is 2.29. The molecular formula is C23H20F3N3O3. The molecule has 6 nitrogen and oxygen atoms in total. The van der Waals surface area contributed by atoms with Crippen molar-refractivity contribution in [2.24, 2.45) is 0 Å². The summed E-state index contributed by atoms with van der Waals surface area (Å²) < 4.78 is 53.5. The van der Waals surface area contributed by atoms with Crippen molar-refractivity contribution in [3.8, 4) is 11.4 Å². The Hall–Kier alpha value is -3.75. The number of rotatable bonds is 7. The van der Waals surface area contributed by atoms with Crippen LogP contribution in [0.4, 0.5) is 13.2 Å². The lowest BCUT2D eigenvalue weighted by molar-refractivity contribution is -0.144. The maximum atomic E-state index is 13.8. The zero-order valence-electron chi connectivity index (χ0n) is 17.3. The van der Waals surface area contributed by atoms with Gasteiger partial charge in [0.15, 0.2) is 0 Å². The Morgan fingerprint density at radius 2 is 2.03 bits per heavy atom. The van der Waals surface area contributed by atoms with Gasteiger partial charge in [0, 0.05) is 18.4 Å². The number of halogens is 3. The van der Waals surface area contributed by atoms with E-state index in [1.165, 1.54) is 25.1 Å². The first-order chi connectivity index (χ1) is 15.2. The molecule has 0 aliphatic rings. The molecule has 0 aliphatic carbocycles. The van der Waals surface area contributed by atoms with Crippen LogP contribution in [0.25, 0.3) is 16.6 Å². The Bertz CT molecular complexity index is 1230. The molecule has 32 heavy (non-hydrogen) atoms. The van der Waals surface area contributed by atoms with E-state index in [9.17, 15) is 18.0 Å². The van der Waals surface area contributed by atoms with Gasteiger partial charge in [-0.15, -0.1) is 0 Å². The van der Waals surface area contributed by atoms with Crippen molar-refractivity contribution in [2.45, 2.75) is 31.9 Å². The van der Waals surface area contributed by atoms with Crippen molar-refractivity contribution >= 4 is 16.8 Å². The molecule has 4 rings (SSSR count). The van der Waals surface area contributed by atoms with Crippen LogP contribution in [0.2, 0.25) is 0 Å². The highest BCUT2D eigenvalue weighted by molar-refractivity contribution is 5.83. The van der Waals surface area contributed by atoms with Crippen LogP contribution in [0.1, 0.15) is 25.5 Å². The van der Waals surface area contributed by atoms with E-state index in [0.717, 1.165) is 16.6 Å². The van der Waals surface area contributed by atoms with Gasteiger partial charge in [-0.1, -0.05) is 12.1 Å². The van der Waals surface area contributed by atoms with Gasteiger partial charge in [0.1, 0.15) is 29.6 Å². The first kappa shape index (κ1) is 21.5. The molecule has 0 bridgehead atoms. The monoisotopic (exact) mass is 443 g/mol. The van der Waals surface area contributed by atoms with Crippen molar-refractivity contribution in [3.63, 3.8) is 0 Å². The van der Waals surface area contributed by atoms with Crippen LogP contribution in [-0.4, -0.2) is 27.7 Å². The van der Waals surface area contributed by atoms with E-state index < -0.39 is 29.8 Å². The number of hydrogen-bond donors (Lipinski definition) is 1. The fraction of sp³-hybridized carbons (Fsp3) is 0.217. The molecule has 2 heterocycles. The number of hydrogen-bond acceptors (Lipinski definition) is 4. The molecule has 0 aliphatic heterocycles. The third-order valence-electron chi connectivity index (χ3n) is 4.94. The van der Waals surface area contributed by atoms with Crippen molar-refractivity contribution in [1.29, 1.82) is 0 Å². The fourth-order valence-corrected chi connectivity index (χ4v) is 3.37. The quantitative estimate of drug-likeness (QED) is 0.435. The fourth-order valence-electron chi connectivity index (χ4n) is 3.37. The minimum absolute atomic E-state index is 0.395. The van der Waals surface area contributed by atoms with E-state index in [2.05, 4.69) is 10.4 Å². The summed E-state index contributed by atoms with van der Waals surface area (Å²) in [5.41, 5.74) is 1.95. The van der Waals surface area contributed by atoms with Gasteiger partial charge in [0.05, 0.1) is 24.0 Å². The lowest BCUT2D eigenvalue weighted by atomic mass is 10.0. The highest BCUT2D eigenvalue weighted by atomic mass is 19.3. The van der Waals surface area contributed by atoms with Crippen LogP contribution < -0.4 is 10.1 Å². The summed E-state index contributed by atoms with van der Waals surface area (Å²) in [6.07, 6.45) is 3.83. The summed E-state index contributed by atoms with van der Waals surface area (Å²) >= 11 is 0. The third-order valence-corrected chi connectivity index (χ3v) is 4.94. The Balaban J connectivity index is 1.64. The Labute approximate surface area is 181 Å². The lowest BCUT2D eigenvalue weighted by Crippen LogP contribution is -2.46. The molecule has 2 aromatic heterocycles. The second-order valence-electron chi connectivity index (χ2n) is 7.50. The van der Waals surface area contributed by atoms with E-state index in [0.29, 0.717) is 18.2 Å². The number of benzene rings is 2. The van der Waals surface area contributed by atoms with Gasteiger partial charge in [-0.25, -0.2) is 9.07 Å². The Morgan fingerprint density at radius 1 is 1.22 bits per heavy atom. The first-order valence-electron chi connectivity index (χ1n) is 9.83. The van der Waals surface area contributed by atoms with Gasteiger partial charge in [0.2, 0.25) is 0 Å². The van der Waals surface area contributed by atoms with E-state index >= 15 is 0 Å². The average Bonchev–Trinajstić information content (AvgIpc) is 3.40. The number of alkyl halides is 2. The molecule has 0 saturated carbocycles. The zero-order chi connectivity index (χ0) is 22.9. The molecule has 0 radical (unpaired) electrons. The second kappa shape index (κ2) is 8.41. The van der Waals surface area contributed by atoms with E-state index in [1.54, 1.807) is 53.7 Å². The van der Waals surface area contributed by atoms with Crippen molar-refractivity contribution in [3.05, 3.63) is 78.6 Å². The maximum Gasteiger partial charge on any atom is 0.321 e. The first-order valence-corrected chi connectivity index (χ1v) is 9.83. The molecule has 0 saturated heterocycles. The molecule has 0 unspecified atom stereocenters. The molecule has 9 heteroatoms. The Morgan fingerprint density at radius 3 is 2.72 bits per heavy atom. The average molecular weight is 443 g/mol. The van der Waals surface area contributed by atoms with E-state index in [-0.39, 0.29) is 0 Å². The smallest absolute Gasteiger partial charge is 0.321 e. The number of fused-ring (bicyclic) bond motifs is 1. The number of nitrogens with one attached hydrogen (secondary N) is 1. The summed E-state index contributed by atoms with van der Waals surface area (Å²) in [5.74, 6) is -5.09. The summed E-state index contributed by atoms with van der Waals surface area (Å²) in [6, 6.07) is 11.7. The molecule has 0 fully saturated rings. The lowest BCUT2D eigenvalue weighted by Gasteiger charge is -2.27. The van der Waals surface area contributed by atoms with E-state index in [1.807, 2.05) is 0 Å². The van der Waals surface area contributed by atoms with Gasteiger partial charge in [-0.3, -0.25) is 4.79 Å². The number of aromatic nitrogens is 2. The van der Waals surface area contributed by atoms with Crippen LogP contribution in [0.15, 0.2) is 71.7 Å². The predicted molar refractivity (Wildman–Crippen MR) is 111 cm³/mol. The number of amides is 1. The summed E-state index contributed by atoms with van der Waals surface area (Å²) in [7, 11) is 0. The van der Waals surface area contributed by atoms with Crippen molar-refractivity contribution in [1.82, 2.24) is 15.1 Å². The van der Waals surface area contributed by atoms with Crippen LogP contribution >= 0.6 is 0 Å². The topological polar surface area (TPSA) is 69.3 Å². The van der Waals surface area contributed by atoms with Gasteiger partial charge in [-0.05, 0) is 42.8 Å². The van der Waals surface area contributed by atoms with Crippen molar-refractivity contribution < 1.29 is 27.1 Å². The second-order valence-corrected chi connectivity index (χ2v) is 7.50. The molecule has 166 valence electrons. The molecule has 4 aromatic rings. The van der Waals surface area contributed by atoms with Crippen LogP contribution in [0.5, 0.6) is 5.75 Å². The molecular weight excluding hydrogens is 423 g/mol. The molecule has 2 aromatic carbocycles. The highest BCUT2D eigenvalue weighted by Gasteiger charge is 2.35. The molecule has 2 atom stereocenters. The van der Waals surface area contributed by atoms with E-state index in [4.69, 9.17) is 9.15 Å². The number of ether oxygens (including phenoxy) is 1. The SMILES string of the molecule is C[C@H](NC(=O)C(C)(F)F)[C@H](Oc1ccc2c(cnn2-c2ccoc2)c1)c1cccc(F)c1. The number of carbonyl (C=O) groups is 1. The maximum absolute atomic E-state index is 13.8. The minimum atomic E-state index is -3.55.